The third-order valence-electron chi connectivity index (χ3n) is 7.64. The van der Waals surface area contributed by atoms with E-state index in [0.717, 1.165) is 57.7 Å². The van der Waals surface area contributed by atoms with Crippen molar-refractivity contribution in [1.29, 1.82) is 0 Å². The van der Waals surface area contributed by atoms with Crippen molar-refractivity contribution in [3.8, 4) is 0 Å². The predicted molar refractivity (Wildman–Crippen MR) is 226 cm³/mol. The van der Waals surface area contributed by atoms with Crippen LogP contribution in [0.15, 0.2) is 92.7 Å². The van der Waals surface area contributed by atoms with Gasteiger partial charge in [-0.05, 0) is 114 Å². The molecule has 0 aliphatic rings. The number of anilines is 6. The molecule has 5 rings (SSSR count). The highest BCUT2D eigenvalue weighted by molar-refractivity contribution is 9.11. The molecule has 0 atom stereocenters. The maximum absolute atomic E-state index is 12.0. The fourth-order valence-corrected chi connectivity index (χ4v) is 9.30. The van der Waals surface area contributed by atoms with Gasteiger partial charge in [0.15, 0.2) is 10.2 Å². The largest absolute Gasteiger partial charge is 0.396 e. The lowest BCUT2D eigenvalue weighted by Gasteiger charge is -2.22. The van der Waals surface area contributed by atoms with Crippen LogP contribution >= 0.6 is 66.3 Å². The van der Waals surface area contributed by atoms with E-state index in [9.17, 15) is 18.1 Å². The number of nitrogens with one attached hydrogen (secondary N) is 2. The molecule has 286 valence electrons. The van der Waals surface area contributed by atoms with E-state index < -0.39 is 10.1 Å². The van der Waals surface area contributed by atoms with Crippen LogP contribution in [0, 0.1) is 0 Å². The van der Waals surface area contributed by atoms with Gasteiger partial charge in [0.2, 0.25) is 11.9 Å². The second-order valence-corrected chi connectivity index (χ2v) is 18.3. The maximum atomic E-state index is 12.0. The Morgan fingerprint density at radius 1 is 0.741 bits per heavy atom. The van der Waals surface area contributed by atoms with Crippen molar-refractivity contribution in [1.82, 2.24) is 15.0 Å². The summed E-state index contributed by atoms with van der Waals surface area (Å²) in [5.41, 5.74) is 3.87. The van der Waals surface area contributed by atoms with Crippen molar-refractivity contribution in [3.05, 3.63) is 62.2 Å². The average molecular weight is 940 g/mol. The summed E-state index contributed by atoms with van der Waals surface area (Å²) in [5.74, 6) is 0.730. The SMILES string of the molecule is CCN(CC)c1ccc(/N=N/c2ccc(Br)s2)c(Nc2nc(Nc3cc(N(CC)CC)ccc3/N=N/c3sc(Br)cc3S(=O)(=O)O)nc(SCCO)n2)c1. The summed E-state index contributed by atoms with van der Waals surface area (Å²) in [6.45, 7) is 11.3. The van der Waals surface area contributed by atoms with E-state index in [0.29, 0.717) is 37.4 Å². The molecule has 0 unspecified atom stereocenters. The number of nitrogens with zero attached hydrogens (tertiary/aromatic N) is 9. The number of rotatable bonds is 18. The van der Waals surface area contributed by atoms with Gasteiger partial charge in [-0.3, -0.25) is 4.55 Å². The minimum atomic E-state index is -4.54. The molecule has 0 bridgehead atoms. The Morgan fingerprint density at radius 2 is 1.30 bits per heavy atom. The van der Waals surface area contributed by atoms with Crippen molar-refractivity contribution in [2.45, 2.75) is 37.7 Å². The fourth-order valence-electron chi connectivity index (χ4n) is 5.06. The first kappa shape index (κ1) is 41.6. The van der Waals surface area contributed by atoms with Crippen LogP contribution in [0.2, 0.25) is 0 Å². The molecule has 0 radical (unpaired) electrons. The van der Waals surface area contributed by atoms with E-state index in [-0.39, 0.29) is 28.4 Å². The van der Waals surface area contributed by atoms with Crippen molar-refractivity contribution in [2.24, 2.45) is 20.5 Å². The number of hydrogen-bond donors (Lipinski definition) is 4. The van der Waals surface area contributed by atoms with Crippen LogP contribution in [0.1, 0.15) is 27.7 Å². The minimum absolute atomic E-state index is 0.00379. The summed E-state index contributed by atoms with van der Waals surface area (Å²) in [5, 5.41) is 34.9. The lowest BCUT2D eigenvalue weighted by atomic mass is 10.2. The zero-order valence-corrected chi connectivity index (χ0v) is 36.0. The quantitative estimate of drug-likeness (QED) is 0.0370. The molecule has 2 aromatic carbocycles. The highest BCUT2D eigenvalue weighted by Crippen LogP contribution is 2.40. The number of hydrogen-bond acceptors (Lipinski definition) is 17. The highest BCUT2D eigenvalue weighted by Gasteiger charge is 2.20. The van der Waals surface area contributed by atoms with E-state index in [1.54, 1.807) is 6.07 Å². The highest BCUT2D eigenvalue weighted by atomic mass is 79.9. The molecule has 0 amide bonds. The van der Waals surface area contributed by atoms with Gasteiger partial charge in [-0.1, -0.05) is 11.8 Å². The summed E-state index contributed by atoms with van der Waals surface area (Å²) in [6, 6.07) is 16.4. The molecule has 0 fully saturated rings. The maximum Gasteiger partial charge on any atom is 0.297 e. The van der Waals surface area contributed by atoms with E-state index >= 15 is 0 Å². The first-order chi connectivity index (χ1) is 25.9. The van der Waals surface area contributed by atoms with E-state index in [1.165, 1.54) is 29.2 Å². The average Bonchev–Trinajstić information content (AvgIpc) is 3.75. The van der Waals surface area contributed by atoms with Gasteiger partial charge in [-0.2, -0.15) is 23.4 Å². The number of thiophene rings is 2. The number of aromatic nitrogens is 3. The topological polar surface area (TPSA) is 193 Å². The van der Waals surface area contributed by atoms with Crippen molar-refractivity contribution in [2.75, 3.05) is 59.0 Å². The molecule has 54 heavy (non-hydrogen) atoms. The second kappa shape index (κ2) is 19.3. The molecule has 0 spiro atoms. The molecular weight excluding hydrogens is 903 g/mol. The van der Waals surface area contributed by atoms with Gasteiger partial charge in [0, 0.05) is 43.3 Å². The van der Waals surface area contributed by atoms with Crippen LogP contribution in [0.3, 0.4) is 0 Å². The lowest BCUT2D eigenvalue weighted by molar-refractivity contribution is 0.322. The standard InChI is InChI=1S/C33H37Br2N11O4S4/c1-5-45(6-2)20-9-11-22(41-43-29-14-13-27(34)52-29)24(17-20)36-31-38-32(40-33(39-31)51-16-15-47)37-25-18-21(46(7-3)8-4)10-12-23(25)42-44-30-26(54(48,49)50)19-28(35)53-30/h9-14,17-19,47H,5-8,15-16H2,1-4H3,(H,48,49,50)(H2,36,37,38,39,40)/b43-41+,44-42+. The molecule has 4 N–H and O–H groups in total. The number of halogens is 2. The Kier molecular flexibility index (Phi) is 14.9. The molecule has 21 heteroatoms. The third kappa shape index (κ3) is 11.0. The Labute approximate surface area is 342 Å². The Bertz CT molecular complexity index is 2230. The van der Waals surface area contributed by atoms with Crippen molar-refractivity contribution in [3.63, 3.8) is 0 Å². The van der Waals surface area contributed by atoms with Gasteiger partial charge in [-0.15, -0.1) is 43.1 Å². The number of aliphatic hydroxyl groups excluding tert-OH is 1. The van der Waals surface area contributed by atoms with Crippen LogP contribution in [-0.2, 0) is 10.1 Å². The van der Waals surface area contributed by atoms with E-state index in [2.05, 4.69) is 96.6 Å². The number of aliphatic hydroxyl groups is 1. The molecule has 3 heterocycles. The smallest absolute Gasteiger partial charge is 0.297 e. The van der Waals surface area contributed by atoms with Crippen LogP contribution in [0.4, 0.5) is 56.0 Å². The molecule has 0 saturated heterocycles. The van der Waals surface area contributed by atoms with Gasteiger partial charge < -0.3 is 25.5 Å². The number of azo groups is 2. The fraction of sp³-hybridized carbons (Fsp3) is 0.303. The van der Waals surface area contributed by atoms with Crippen molar-refractivity contribution >= 4 is 132 Å². The normalized spacial score (nSPS) is 11.9. The van der Waals surface area contributed by atoms with Crippen LogP contribution in [0.5, 0.6) is 0 Å². The van der Waals surface area contributed by atoms with E-state index in [1.807, 2.05) is 56.3 Å². The molecule has 0 aliphatic heterocycles. The van der Waals surface area contributed by atoms with E-state index in [4.69, 9.17) is 4.98 Å². The summed E-state index contributed by atoms with van der Waals surface area (Å²) >= 11 is 10.5. The summed E-state index contributed by atoms with van der Waals surface area (Å²) in [4.78, 5) is 18.0. The molecule has 0 aliphatic carbocycles. The van der Waals surface area contributed by atoms with Gasteiger partial charge in [-0.25, -0.2) is 0 Å². The molecular formula is C33H37Br2N11O4S4. The number of benzene rings is 2. The van der Waals surface area contributed by atoms with Crippen LogP contribution in [-0.4, -0.2) is 71.6 Å². The van der Waals surface area contributed by atoms with Crippen LogP contribution in [0.25, 0.3) is 0 Å². The molecule has 15 nitrogen and oxygen atoms in total. The molecule has 0 saturated carbocycles. The minimum Gasteiger partial charge on any atom is -0.396 e. The zero-order chi connectivity index (χ0) is 38.8. The first-order valence-corrected chi connectivity index (χ1v) is 22.3. The van der Waals surface area contributed by atoms with Crippen molar-refractivity contribution < 1.29 is 18.1 Å². The summed E-state index contributed by atoms with van der Waals surface area (Å²) in [7, 11) is -4.54. The van der Waals surface area contributed by atoms with Gasteiger partial charge in [0.05, 0.1) is 25.6 Å². The van der Waals surface area contributed by atoms with Gasteiger partial charge in [0.25, 0.3) is 10.1 Å². The lowest BCUT2D eigenvalue weighted by Crippen LogP contribution is -2.21. The molecule has 3 aromatic heterocycles. The Balaban J connectivity index is 1.57. The monoisotopic (exact) mass is 937 g/mol. The zero-order valence-electron chi connectivity index (χ0n) is 29.6. The second-order valence-electron chi connectivity index (χ2n) is 11.0. The van der Waals surface area contributed by atoms with Gasteiger partial charge >= 0.3 is 0 Å². The Morgan fingerprint density at radius 3 is 1.78 bits per heavy atom. The summed E-state index contributed by atoms with van der Waals surface area (Å²) < 4.78 is 35.2. The Hall–Kier alpha value is -3.57. The summed E-state index contributed by atoms with van der Waals surface area (Å²) in [6.07, 6.45) is 0. The first-order valence-electron chi connectivity index (χ1n) is 16.6. The number of thioether (sulfide) groups is 1. The van der Waals surface area contributed by atoms with Crippen LogP contribution < -0.4 is 20.4 Å². The third-order valence-corrected chi connectivity index (χ3v) is 12.5. The predicted octanol–water partition coefficient (Wildman–Crippen LogP) is 10.9. The molecule has 5 aromatic rings. The van der Waals surface area contributed by atoms with Gasteiger partial charge in [0.1, 0.15) is 21.3 Å².